The lowest BCUT2D eigenvalue weighted by atomic mass is 9.84. The van der Waals surface area contributed by atoms with Crippen LogP contribution in [0, 0.1) is 11.3 Å². The molecule has 0 aromatic heterocycles. The molecule has 3 amide bonds. The molecule has 0 saturated carbocycles. The number of hydrogen-bond acceptors (Lipinski definition) is 3. The second-order valence-electron chi connectivity index (χ2n) is 6.64. The van der Waals surface area contributed by atoms with E-state index in [1.807, 2.05) is 20.8 Å². The van der Waals surface area contributed by atoms with E-state index in [0.29, 0.717) is 19.4 Å². The zero-order valence-corrected chi connectivity index (χ0v) is 12.9. The molecular formula is C14H25N3O4. The molecule has 0 aliphatic carbocycles. The summed E-state index contributed by atoms with van der Waals surface area (Å²) < 4.78 is 0. The first-order valence-electron chi connectivity index (χ1n) is 7.24. The molecule has 1 aliphatic heterocycles. The van der Waals surface area contributed by atoms with Crippen molar-refractivity contribution in [2.24, 2.45) is 11.3 Å². The quantitative estimate of drug-likeness (QED) is 0.599. The number of carbonyl (C=O) groups is 3. The van der Waals surface area contributed by atoms with Crippen LogP contribution in [-0.2, 0) is 9.59 Å². The summed E-state index contributed by atoms with van der Waals surface area (Å²) in [7, 11) is 0. The molecular weight excluding hydrogens is 274 g/mol. The highest BCUT2D eigenvalue weighted by Gasteiger charge is 2.27. The largest absolute Gasteiger partial charge is 0.481 e. The summed E-state index contributed by atoms with van der Waals surface area (Å²) in [5.41, 5.74) is -0.134. The second kappa shape index (κ2) is 7.28. The summed E-state index contributed by atoms with van der Waals surface area (Å²) in [6.07, 6.45) is 1.88. The smallest absolute Gasteiger partial charge is 0.315 e. The Kier molecular flexibility index (Phi) is 5.99. The standard InChI is InChI=1S/C14H25N3O4/c1-14(2,3)7-9(12(19)20)8-16-13(21)17-10-5-4-6-15-11(10)18/h9-10H,4-8H2,1-3H3,(H,15,18)(H,19,20)(H2,16,17,21). The third-order valence-electron chi connectivity index (χ3n) is 3.31. The first-order valence-corrected chi connectivity index (χ1v) is 7.24. The van der Waals surface area contributed by atoms with E-state index in [1.165, 1.54) is 0 Å². The molecule has 2 atom stereocenters. The minimum Gasteiger partial charge on any atom is -0.481 e. The predicted octanol–water partition coefficient (Wildman–Crippen LogP) is 0.701. The van der Waals surface area contributed by atoms with Crippen molar-refractivity contribution in [3.63, 3.8) is 0 Å². The van der Waals surface area contributed by atoms with Gasteiger partial charge in [0, 0.05) is 13.1 Å². The number of amides is 3. The highest BCUT2D eigenvalue weighted by Crippen LogP contribution is 2.24. The Morgan fingerprint density at radius 1 is 1.43 bits per heavy atom. The van der Waals surface area contributed by atoms with E-state index < -0.39 is 24.0 Å². The van der Waals surface area contributed by atoms with Crippen LogP contribution in [0.4, 0.5) is 4.79 Å². The van der Waals surface area contributed by atoms with Gasteiger partial charge in [0.25, 0.3) is 0 Å². The Hall–Kier alpha value is -1.79. The van der Waals surface area contributed by atoms with E-state index >= 15 is 0 Å². The van der Waals surface area contributed by atoms with Crippen LogP contribution in [0.3, 0.4) is 0 Å². The number of nitrogens with one attached hydrogen (secondary N) is 3. The lowest BCUT2D eigenvalue weighted by Crippen LogP contribution is -2.53. The molecule has 0 bridgehead atoms. The molecule has 1 saturated heterocycles. The number of hydrogen-bond donors (Lipinski definition) is 4. The maximum Gasteiger partial charge on any atom is 0.315 e. The maximum atomic E-state index is 11.8. The first-order chi connectivity index (χ1) is 9.69. The molecule has 0 radical (unpaired) electrons. The molecule has 0 aromatic rings. The fraction of sp³-hybridized carbons (Fsp3) is 0.786. The molecule has 1 heterocycles. The molecule has 21 heavy (non-hydrogen) atoms. The van der Waals surface area contributed by atoms with E-state index in [-0.39, 0.29) is 17.9 Å². The van der Waals surface area contributed by atoms with Crippen LogP contribution >= 0.6 is 0 Å². The summed E-state index contributed by atoms with van der Waals surface area (Å²) in [5, 5.41) is 17.0. The Morgan fingerprint density at radius 2 is 2.10 bits per heavy atom. The Morgan fingerprint density at radius 3 is 2.62 bits per heavy atom. The van der Waals surface area contributed by atoms with Crippen LogP contribution < -0.4 is 16.0 Å². The van der Waals surface area contributed by atoms with Gasteiger partial charge >= 0.3 is 12.0 Å². The second-order valence-corrected chi connectivity index (χ2v) is 6.64. The fourth-order valence-corrected chi connectivity index (χ4v) is 2.32. The molecule has 7 nitrogen and oxygen atoms in total. The molecule has 4 N–H and O–H groups in total. The van der Waals surface area contributed by atoms with E-state index in [1.54, 1.807) is 0 Å². The number of carboxylic acid groups (broad SMARTS) is 1. The summed E-state index contributed by atoms with van der Waals surface area (Å²) in [6.45, 7) is 6.54. The van der Waals surface area contributed by atoms with Crippen LogP contribution in [0.1, 0.15) is 40.0 Å². The molecule has 7 heteroatoms. The molecule has 1 rings (SSSR count). The normalized spacial score (nSPS) is 20.3. The third kappa shape index (κ3) is 6.46. The molecule has 0 aromatic carbocycles. The van der Waals surface area contributed by atoms with Gasteiger partial charge in [0.1, 0.15) is 6.04 Å². The van der Waals surface area contributed by atoms with Crippen molar-refractivity contribution in [2.75, 3.05) is 13.1 Å². The van der Waals surface area contributed by atoms with Gasteiger partial charge in [0.2, 0.25) is 5.91 Å². The van der Waals surface area contributed by atoms with Crippen molar-refractivity contribution in [3.8, 4) is 0 Å². The van der Waals surface area contributed by atoms with Gasteiger partial charge in [-0.25, -0.2) is 4.79 Å². The lowest BCUT2D eigenvalue weighted by molar-refractivity contribution is -0.142. The van der Waals surface area contributed by atoms with Gasteiger partial charge in [-0.1, -0.05) is 20.8 Å². The summed E-state index contributed by atoms with van der Waals surface area (Å²) in [4.78, 5) is 34.5. The Balaban J connectivity index is 2.42. The number of piperidine rings is 1. The van der Waals surface area contributed by atoms with E-state index in [4.69, 9.17) is 0 Å². The van der Waals surface area contributed by atoms with Crippen molar-refractivity contribution < 1.29 is 19.5 Å². The van der Waals surface area contributed by atoms with Crippen molar-refractivity contribution in [1.82, 2.24) is 16.0 Å². The number of urea groups is 1. The number of carboxylic acids is 1. The van der Waals surface area contributed by atoms with Gasteiger partial charge in [-0.3, -0.25) is 9.59 Å². The molecule has 1 aliphatic rings. The van der Waals surface area contributed by atoms with Crippen molar-refractivity contribution in [1.29, 1.82) is 0 Å². The zero-order chi connectivity index (χ0) is 16.0. The molecule has 120 valence electrons. The van der Waals surface area contributed by atoms with Gasteiger partial charge in [0.05, 0.1) is 5.92 Å². The van der Waals surface area contributed by atoms with Crippen molar-refractivity contribution in [3.05, 3.63) is 0 Å². The minimum atomic E-state index is -0.930. The first kappa shape index (κ1) is 17.3. The van der Waals surface area contributed by atoms with Crippen LogP contribution in [0.15, 0.2) is 0 Å². The maximum absolute atomic E-state index is 11.8. The van der Waals surface area contributed by atoms with E-state index in [9.17, 15) is 19.5 Å². The lowest BCUT2D eigenvalue weighted by Gasteiger charge is -2.25. The molecule has 2 unspecified atom stereocenters. The average molecular weight is 299 g/mol. The molecule has 1 fully saturated rings. The highest BCUT2D eigenvalue weighted by atomic mass is 16.4. The number of carbonyl (C=O) groups excluding carboxylic acids is 2. The number of rotatable bonds is 5. The topological polar surface area (TPSA) is 108 Å². The summed E-state index contributed by atoms with van der Waals surface area (Å²) >= 11 is 0. The fourth-order valence-electron chi connectivity index (χ4n) is 2.32. The zero-order valence-electron chi connectivity index (χ0n) is 12.9. The van der Waals surface area contributed by atoms with Crippen LogP contribution in [0.25, 0.3) is 0 Å². The van der Waals surface area contributed by atoms with Crippen molar-refractivity contribution >= 4 is 17.9 Å². The summed E-state index contributed by atoms with van der Waals surface area (Å²) in [5.74, 6) is -1.77. The van der Waals surface area contributed by atoms with Gasteiger partial charge in [-0.15, -0.1) is 0 Å². The van der Waals surface area contributed by atoms with Gasteiger partial charge in [-0.2, -0.15) is 0 Å². The van der Waals surface area contributed by atoms with Gasteiger partial charge in [-0.05, 0) is 24.7 Å². The SMILES string of the molecule is CC(C)(C)CC(CNC(=O)NC1CCCNC1=O)C(=O)O. The van der Waals surface area contributed by atoms with Crippen molar-refractivity contribution in [2.45, 2.75) is 46.1 Å². The monoisotopic (exact) mass is 299 g/mol. The van der Waals surface area contributed by atoms with Gasteiger partial charge < -0.3 is 21.1 Å². The minimum absolute atomic E-state index is 0.0484. The van der Waals surface area contributed by atoms with Gasteiger partial charge in [0.15, 0.2) is 0 Å². The number of aliphatic carboxylic acids is 1. The van der Waals surface area contributed by atoms with Crippen LogP contribution in [0.5, 0.6) is 0 Å². The summed E-state index contributed by atoms with van der Waals surface area (Å²) in [6, 6.07) is -1.04. The van der Waals surface area contributed by atoms with E-state index in [2.05, 4.69) is 16.0 Å². The van der Waals surface area contributed by atoms with Crippen LogP contribution in [0.2, 0.25) is 0 Å². The predicted molar refractivity (Wildman–Crippen MR) is 77.8 cm³/mol. The highest BCUT2D eigenvalue weighted by molar-refractivity contribution is 5.87. The average Bonchev–Trinajstić information content (AvgIpc) is 2.35. The molecule has 0 spiro atoms. The van der Waals surface area contributed by atoms with E-state index in [0.717, 1.165) is 6.42 Å². The third-order valence-corrected chi connectivity index (χ3v) is 3.31. The van der Waals surface area contributed by atoms with Crippen LogP contribution in [-0.4, -0.2) is 42.1 Å². The Labute approximate surface area is 124 Å². The Bertz CT molecular complexity index is 404.